The van der Waals surface area contributed by atoms with Gasteiger partial charge in [0.2, 0.25) is 0 Å². The zero-order chi connectivity index (χ0) is 65.9. The van der Waals surface area contributed by atoms with Crippen LogP contribution in [0.15, 0.2) is 0 Å². The Bertz CT molecular complexity index is 1750. The summed E-state index contributed by atoms with van der Waals surface area (Å²) in [6.45, 7) is 11.8. The quantitative estimate of drug-likeness (QED) is 0.0222. The lowest BCUT2D eigenvalue weighted by Crippen LogP contribution is -2.30. The average Bonchev–Trinajstić information content (AvgIpc) is 3.71. The highest BCUT2D eigenvalue weighted by molar-refractivity contribution is 7.47. The topological polar surface area (TPSA) is 237 Å². The van der Waals surface area contributed by atoms with Gasteiger partial charge in [0.15, 0.2) is 12.2 Å². The Morgan fingerprint density at radius 1 is 0.326 bits per heavy atom. The molecule has 528 valence electrons. The van der Waals surface area contributed by atoms with E-state index in [1.54, 1.807) is 0 Å². The highest BCUT2D eigenvalue weighted by Crippen LogP contribution is 2.45. The lowest BCUT2D eigenvalue weighted by atomic mass is 9.99. The molecule has 3 unspecified atom stereocenters. The number of carbonyl (C=O) groups excluding carboxylic acids is 4. The van der Waals surface area contributed by atoms with Crippen LogP contribution in [0.4, 0.5) is 0 Å². The van der Waals surface area contributed by atoms with E-state index in [0.717, 1.165) is 108 Å². The van der Waals surface area contributed by atoms with Crippen molar-refractivity contribution in [1.29, 1.82) is 0 Å². The van der Waals surface area contributed by atoms with Crippen molar-refractivity contribution < 1.29 is 80.2 Å². The number of aliphatic hydroxyl groups is 1. The Morgan fingerprint density at radius 2 is 0.573 bits per heavy atom. The van der Waals surface area contributed by atoms with E-state index < -0.39 is 97.5 Å². The first-order chi connectivity index (χ1) is 42.8. The molecule has 0 saturated carbocycles. The molecular formula is C70H136O17P2. The van der Waals surface area contributed by atoms with E-state index >= 15 is 0 Å². The molecule has 6 atom stereocenters. The number of phosphoric acid groups is 2. The van der Waals surface area contributed by atoms with Crippen LogP contribution in [0.3, 0.4) is 0 Å². The van der Waals surface area contributed by atoms with E-state index in [1.165, 1.54) is 161 Å². The molecule has 3 N–H and O–H groups in total. The molecule has 0 fully saturated rings. The van der Waals surface area contributed by atoms with Crippen LogP contribution in [-0.2, 0) is 65.4 Å². The molecule has 89 heavy (non-hydrogen) atoms. The van der Waals surface area contributed by atoms with E-state index in [9.17, 15) is 43.2 Å². The average molecular weight is 1310 g/mol. The van der Waals surface area contributed by atoms with Crippen molar-refractivity contribution in [3.8, 4) is 0 Å². The maximum atomic E-state index is 13.0. The Balaban J connectivity index is 5.25. The minimum Gasteiger partial charge on any atom is -0.462 e. The fraction of sp³-hybridized carbons (Fsp3) is 0.943. The minimum absolute atomic E-state index is 0.104. The van der Waals surface area contributed by atoms with Crippen LogP contribution in [0.5, 0.6) is 0 Å². The number of rotatable bonds is 68. The monoisotopic (exact) mass is 1310 g/mol. The summed E-state index contributed by atoms with van der Waals surface area (Å²) in [4.78, 5) is 72.5. The highest BCUT2D eigenvalue weighted by atomic mass is 31.2. The zero-order valence-electron chi connectivity index (χ0n) is 57.9. The number of carbonyl (C=O) groups is 4. The van der Waals surface area contributed by atoms with E-state index in [2.05, 4.69) is 48.5 Å². The molecule has 0 spiro atoms. The zero-order valence-corrected chi connectivity index (χ0v) is 59.7. The van der Waals surface area contributed by atoms with Gasteiger partial charge in [-0.3, -0.25) is 37.3 Å². The molecule has 0 amide bonds. The molecule has 0 rings (SSSR count). The summed E-state index contributed by atoms with van der Waals surface area (Å²) in [6, 6.07) is 0. The van der Waals surface area contributed by atoms with Crippen LogP contribution < -0.4 is 0 Å². The number of aliphatic hydroxyl groups excluding tert-OH is 1. The first-order valence-corrected chi connectivity index (χ1v) is 39.4. The molecule has 17 nitrogen and oxygen atoms in total. The van der Waals surface area contributed by atoms with Crippen LogP contribution in [0.25, 0.3) is 0 Å². The van der Waals surface area contributed by atoms with Gasteiger partial charge < -0.3 is 33.8 Å². The molecule has 0 aromatic rings. The number of phosphoric ester groups is 2. The van der Waals surface area contributed by atoms with E-state index in [4.69, 9.17) is 37.0 Å². The number of unbranched alkanes of at least 4 members (excludes halogenated alkanes) is 35. The summed E-state index contributed by atoms with van der Waals surface area (Å²) in [6.07, 6.45) is 44.3. The van der Waals surface area contributed by atoms with Gasteiger partial charge >= 0.3 is 39.5 Å². The molecule has 0 aliphatic carbocycles. The van der Waals surface area contributed by atoms with Crippen molar-refractivity contribution in [2.75, 3.05) is 39.6 Å². The second-order valence-electron chi connectivity index (χ2n) is 26.5. The lowest BCUT2D eigenvalue weighted by Gasteiger charge is -2.21. The largest absolute Gasteiger partial charge is 0.472 e. The number of esters is 4. The van der Waals surface area contributed by atoms with Crippen molar-refractivity contribution in [2.45, 2.75) is 369 Å². The van der Waals surface area contributed by atoms with Crippen molar-refractivity contribution in [3.05, 3.63) is 0 Å². The van der Waals surface area contributed by atoms with Gasteiger partial charge in [-0.1, -0.05) is 299 Å². The third kappa shape index (κ3) is 63.2. The smallest absolute Gasteiger partial charge is 0.462 e. The summed E-state index contributed by atoms with van der Waals surface area (Å²) in [5.41, 5.74) is 0. The van der Waals surface area contributed by atoms with Crippen molar-refractivity contribution >= 4 is 39.5 Å². The van der Waals surface area contributed by atoms with Gasteiger partial charge in [0, 0.05) is 25.7 Å². The molecule has 19 heteroatoms. The predicted molar refractivity (Wildman–Crippen MR) is 358 cm³/mol. The SMILES string of the molecule is CCCCCCCCCCCC(=O)OC[C@H](COP(=O)(O)OC[C@H](O)COP(=O)(O)OC[C@@H](COC(=O)CCCCCCCCCCCCC(C)CC)OC(=O)CCCCCCCCCCCCCCC(C)C)OC(=O)CCCCCCCCCCC(C)C. The molecule has 0 saturated heterocycles. The summed E-state index contributed by atoms with van der Waals surface area (Å²) < 4.78 is 68.3. The number of hydrogen-bond donors (Lipinski definition) is 3. The maximum absolute atomic E-state index is 13.0. The molecule has 0 heterocycles. The fourth-order valence-electron chi connectivity index (χ4n) is 10.5. The van der Waals surface area contributed by atoms with Crippen LogP contribution in [-0.4, -0.2) is 96.7 Å². The normalized spacial score (nSPS) is 14.5. The molecule has 0 bridgehead atoms. The summed E-state index contributed by atoms with van der Waals surface area (Å²) in [7, 11) is -9.90. The first-order valence-electron chi connectivity index (χ1n) is 36.4. The molecule has 0 aliphatic heterocycles. The molecule has 0 aliphatic rings. The fourth-order valence-corrected chi connectivity index (χ4v) is 12.1. The Kier molecular flexibility index (Phi) is 59.6. The molecular weight excluding hydrogens is 1170 g/mol. The lowest BCUT2D eigenvalue weighted by molar-refractivity contribution is -0.161. The third-order valence-electron chi connectivity index (χ3n) is 16.5. The summed E-state index contributed by atoms with van der Waals surface area (Å²) in [5, 5.41) is 10.6. The van der Waals surface area contributed by atoms with Gasteiger partial charge in [-0.25, -0.2) is 9.13 Å². The Morgan fingerprint density at radius 3 is 0.854 bits per heavy atom. The first kappa shape index (κ1) is 87.1. The second-order valence-corrected chi connectivity index (χ2v) is 29.4. The van der Waals surface area contributed by atoms with Crippen molar-refractivity contribution in [3.63, 3.8) is 0 Å². The molecule has 0 aromatic heterocycles. The molecule has 0 radical (unpaired) electrons. The summed E-state index contributed by atoms with van der Waals surface area (Å²) in [5.74, 6) is 0.176. The van der Waals surface area contributed by atoms with Gasteiger partial charge in [0.1, 0.15) is 19.3 Å². The minimum atomic E-state index is -4.95. The van der Waals surface area contributed by atoms with Gasteiger partial charge in [-0.15, -0.1) is 0 Å². The maximum Gasteiger partial charge on any atom is 0.472 e. The Labute approximate surface area is 543 Å². The third-order valence-corrected chi connectivity index (χ3v) is 18.4. The van der Waals surface area contributed by atoms with Gasteiger partial charge in [-0.2, -0.15) is 0 Å². The van der Waals surface area contributed by atoms with E-state index in [-0.39, 0.29) is 25.7 Å². The summed E-state index contributed by atoms with van der Waals surface area (Å²) >= 11 is 0. The van der Waals surface area contributed by atoms with Crippen molar-refractivity contribution in [1.82, 2.24) is 0 Å². The van der Waals surface area contributed by atoms with Crippen LogP contribution in [0.2, 0.25) is 0 Å². The van der Waals surface area contributed by atoms with Crippen LogP contribution in [0, 0.1) is 17.8 Å². The van der Waals surface area contributed by atoms with Crippen LogP contribution >= 0.6 is 15.6 Å². The number of hydrogen-bond acceptors (Lipinski definition) is 15. The molecule has 0 aromatic carbocycles. The Hall–Kier alpha value is -1.94. The highest BCUT2D eigenvalue weighted by Gasteiger charge is 2.30. The second kappa shape index (κ2) is 61.0. The van der Waals surface area contributed by atoms with Gasteiger partial charge in [0.05, 0.1) is 26.4 Å². The standard InChI is InChI=1S/C70H136O17P2/c1-8-10-11-12-13-20-30-37-44-51-67(72)80-57-66(87-70(75)54-47-40-33-26-25-28-35-42-49-62(5)6)60-85-89(78,79)83-56-64(71)55-82-88(76,77)84-59-65(58-81-68(73)52-45-38-31-23-19-18-22-29-36-43-50-63(7)9-2)86-69(74)53-46-39-32-24-17-15-14-16-21-27-34-41-48-61(3)4/h61-66,71H,8-60H2,1-7H3,(H,76,77)(H,78,79)/t63?,64-,65-,66-/m1/s1. The van der Waals surface area contributed by atoms with E-state index in [0.29, 0.717) is 25.7 Å². The predicted octanol–water partition coefficient (Wildman–Crippen LogP) is 19.8. The van der Waals surface area contributed by atoms with Crippen molar-refractivity contribution in [2.24, 2.45) is 17.8 Å². The van der Waals surface area contributed by atoms with Gasteiger partial charge in [-0.05, 0) is 43.4 Å². The van der Waals surface area contributed by atoms with Gasteiger partial charge in [0.25, 0.3) is 0 Å². The van der Waals surface area contributed by atoms with E-state index in [1.807, 2.05) is 0 Å². The number of ether oxygens (including phenoxy) is 4. The van der Waals surface area contributed by atoms with Crippen LogP contribution in [0.1, 0.15) is 350 Å².